The fraction of sp³-hybridized carbons (Fsp3) is 0.750. The SMILES string of the molecule is CO/C=C/CC(C)(C)C. The Balaban J connectivity index is 3.38. The van der Waals surface area contributed by atoms with E-state index in [1.54, 1.807) is 13.4 Å². The number of hydrogen-bond donors (Lipinski definition) is 0. The Morgan fingerprint density at radius 3 is 2.22 bits per heavy atom. The summed E-state index contributed by atoms with van der Waals surface area (Å²) >= 11 is 0. The Bertz CT molecular complexity index is 87.2. The van der Waals surface area contributed by atoms with Gasteiger partial charge in [-0.3, -0.25) is 0 Å². The number of methoxy groups -OCH3 is 1. The molecule has 54 valence electrons. The third-order valence-corrected chi connectivity index (χ3v) is 0.963. The molecular weight excluding hydrogens is 112 g/mol. The summed E-state index contributed by atoms with van der Waals surface area (Å²) < 4.78 is 4.76. The van der Waals surface area contributed by atoms with Gasteiger partial charge >= 0.3 is 0 Å². The zero-order chi connectivity index (χ0) is 7.33. The Labute approximate surface area is 57.7 Å². The van der Waals surface area contributed by atoms with Crippen molar-refractivity contribution in [1.29, 1.82) is 0 Å². The molecule has 0 aromatic heterocycles. The summed E-state index contributed by atoms with van der Waals surface area (Å²) in [5, 5.41) is 0. The quantitative estimate of drug-likeness (QED) is 0.519. The first kappa shape index (κ1) is 8.54. The Morgan fingerprint density at radius 1 is 1.33 bits per heavy atom. The van der Waals surface area contributed by atoms with Crippen molar-refractivity contribution in [3.63, 3.8) is 0 Å². The van der Waals surface area contributed by atoms with E-state index in [0.29, 0.717) is 5.41 Å². The molecule has 9 heavy (non-hydrogen) atoms. The van der Waals surface area contributed by atoms with E-state index in [9.17, 15) is 0 Å². The molecule has 0 fully saturated rings. The molecule has 0 unspecified atom stereocenters. The molecule has 0 aromatic carbocycles. The van der Waals surface area contributed by atoms with Crippen molar-refractivity contribution in [3.8, 4) is 0 Å². The Hall–Kier alpha value is -0.460. The molecule has 1 heteroatoms. The van der Waals surface area contributed by atoms with Gasteiger partial charge in [0.2, 0.25) is 0 Å². The van der Waals surface area contributed by atoms with Crippen LogP contribution in [0.3, 0.4) is 0 Å². The Kier molecular flexibility index (Phi) is 3.36. The molecule has 1 nitrogen and oxygen atoms in total. The third-order valence-electron chi connectivity index (χ3n) is 0.963. The molecule has 0 spiro atoms. The van der Waals surface area contributed by atoms with E-state index < -0.39 is 0 Å². The molecule has 0 aliphatic heterocycles. The maximum Gasteiger partial charge on any atom is 0.0784 e. The molecule has 0 saturated carbocycles. The summed E-state index contributed by atoms with van der Waals surface area (Å²) in [5.74, 6) is 0. The lowest BCUT2D eigenvalue weighted by Crippen LogP contribution is -2.01. The van der Waals surface area contributed by atoms with Crippen LogP contribution in [0.1, 0.15) is 27.2 Å². The van der Waals surface area contributed by atoms with Crippen LogP contribution >= 0.6 is 0 Å². The predicted octanol–water partition coefficient (Wildman–Crippen LogP) is 2.58. The minimum atomic E-state index is 0.384. The molecule has 0 amide bonds. The van der Waals surface area contributed by atoms with Crippen LogP contribution in [0.5, 0.6) is 0 Å². The third kappa shape index (κ3) is 7.54. The van der Waals surface area contributed by atoms with Gasteiger partial charge < -0.3 is 4.74 Å². The van der Waals surface area contributed by atoms with Crippen LogP contribution in [0.4, 0.5) is 0 Å². The topological polar surface area (TPSA) is 9.23 Å². The van der Waals surface area contributed by atoms with E-state index >= 15 is 0 Å². The second kappa shape index (κ2) is 3.54. The lowest BCUT2D eigenvalue weighted by molar-refractivity contribution is 0.330. The van der Waals surface area contributed by atoms with E-state index in [1.807, 2.05) is 6.08 Å². The van der Waals surface area contributed by atoms with Crippen LogP contribution < -0.4 is 0 Å². The molecule has 0 aliphatic carbocycles. The molecule has 0 atom stereocenters. The molecule has 0 aliphatic rings. The van der Waals surface area contributed by atoms with E-state index in [4.69, 9.17) is 4.74 Å². The summed E-state index contributed by atoms with van der Waals surface area (Å²) in [6.45, 7) is 6.60. The van der Waals surface area contributed by atoms with Gasteiger partial charge in [0.25, 0.3) is 0 Å². The lowest BCUT2D eigenvalue weighted by Gasteiger charge is -2.13. The summed E-state index contributed by atoms with van der Waals surface area (Å²) in [6, 6.07) is 0. The highest BCUT2D eigenvalue weighted by molar-refractivity contribution is 4.79. The van der Waals surface area contributed by atoms with Gasteiger partial charge in [-0.25, -0.2) is 0 Å². The standard InChI is InChI=1S/C8H16O/c1-8(2,3)6-5-7-9-4/h5,7H,6H2,1-4H3/b7-5+. The number of hydrogen-bond acceptors (Lipinski definition) is 1. The summed E-state index contributed by atoms with van der Waals surface area (Å²) in [4.78, 5) is 0. The van der Waals surface area contributed by atoms with Crippen molar-refractivity contribution in [2.24, 2.45) is 5.41 Å². The van der Waals surface area contributed by atoms with E-state index in [1.165, 1.54) is 0 Å². The first-order chi connectivity index (χ1) is 4.06. The van der Waals surface area contributed by atoms with Crippen LogP contribution in [0.15, 0.2) is 12.3 Å². The van der Waals surface area contributed by atoms with Crippen LogP contribution in [0.25, 0.3) is 0 Å². The Morgan fingerprint density at radius 2 is 1.89 bits per heavy atom. The molecular formula is C8H16O. The fourth-order valence-corrected chi connectivity index (χ4v) is 0.498. The van der Waals surface area contributed by atoms with Crippen molar-refractivity contribution in [3.05, 3.63) is 12.3 Å². The highest BCUT2D eigenvalue weighted by Crippen LogP contribution is 2.18. The van der Waals surface area contributed by atoms with Crippen LogP contribution in [0.2, 0.25) is 0 Å². The van der Waals surface area contributed by atoms with Gasteiger partial charge in [-0.05, 0) is 17.9 Å². The zero-order valence-corrected chi connectivity index (χ0v) is 6.77. The maximum absolute atomic E-state index is 4.76. The lowest BCUT2D eigenvalue weighted by atomic mass is 9.93. The molecule has 0 N–H and O–H groups in total. The molecule has 0 radical (unpaired) electrons. The fourth-order valence-electron chi connectivity index (χ4n) is 0.498. The zero-order valence-electron chi connectivity index (χ0n) is 6.77. The van der Waals surface area contributed by atoms with Gasteiger partial charge in [-0.2, -0.15) is 0 Å². The van der Waals surface area contributed by atoms with Crippen molar-refractivity contribution in [1.82, 2.24) is 0 Å². The molecule has 0 saturated heterocycles. The van der Waals surface area contributed by atoms with Gasteiger partial charge in [0.1, 0.15) is 0 Å². The van der Waals surface area contributed by atoms with Gasteiger partial charge in [0.15, 0.2) is 0 Å². The molecule has 0 aromatic rings. The summed E-state index contributed by atoms with van der Waals surface area (Å²) in [5.41, 5.74) is 0.384. The second-order valence-corrected chi connectivity index (χ2v) is 3.37. The number of ether oxygens (including phenoxy) is 1. The normalized spacial score (nSPS) is 12.4. The van der Waals surface area contributed by atoms with E-state index in [-0.39, 0.29) is 0 Å². The largest absolute Gasteiger partial charge is 0.505 e. The van der Waals surface area contributed by atoms with Crippen molar-refractivity contribution >= 4 is 0 Å². The smallest absolute Gasteiger partial charge is 0.0784 e. The van der Waals surface area contributed by atoms with Crippen molar-refractivity contribution in [2.75, 3.05) is 7.11 Å². The number of allylic oxidation sites excluding steroid dienone is 1. The van der Waals surface area contributed by atoms with Gasteiger partial charge in [0.05, 0.1) is 13.4 Å². The highest BCUT2D eigenvalue weighted by Gasteiger charge is 2.05. The molecule has 0 bridgehead atoms. The van der Waals surface area contributed by atoms with Crippen molar-refractivity contribution in [2.45, 2.75) is 27.2 Å². The van der Waals surface area contributed by atoms with Crippen molar-refractivity contribution < 1.29 is 4.74 Å². The van der Waals surface area contributed by atoms with E-state index in [0.717, 1.165) is 6.42 Å². The predicted molar refractivity (Wildman–Crippen MR) is 40.2 cm³/mol. The summed E-state index contributed by atoms with van der Waals surface area (Å²) in [6.07, 6.45) is 4.84. The second-order valence-electron chi connectivity index (χ2n) is 3.37. The first-order valence-electron chi connectivity index (χ1n) is 3.24. The average Bonchev–Trinajstić information content (AvgIpc) is 1.63. The van der Waals surface area contributed by atoms with Crippen LogP contribution in [0, 0.1) is 5.41 Å². The minimum Gasteiger partial charge on any atom is -0.505 e. The maximum atomic E-state index is 4.76. The van der Waals surface area contributed by atoms with Gasteiger partial charge in [-0.15, -0.1) is 0 Å². The van der Waals surface area contributed by atoms with Gasteiger partial charge in [0, 0.05) is 0 Å². The monoisotopic (exact) mass is 128 g/mol. The minimum absolute atomic E-state index is 0.384. The first-order valence-corrected chi connectivity index (χ1v) is 3.24. The van der Waals surface area contributed by atoms with Crippen LogP contribution in [-0.4, -0.2) is 7.11 Å². The molecule has 0 heterocycles. The highest BCUT2D eigenvalue weighted by atomic mass is 16.5. The number of rotatable bonds is 2. The summed E-state index contributed by atoms with van der Waals surface area (Å²) in [7, 11) is 1.67. The molecule has 0 rings (SSSR count). The van der Waals surface area contributed by atoms with E-state index in [2.05, 4.69) is 20.8 Å². The van der Waals surface area contributed by atoms with Crippen LogP contribution in [-0.2, 0) is 4.74 Å². The van der Waals surface area contributed by atoms with Gasteiger partial charge in [-0.1, -0.05) is 20.8 Å². The average molecular weight is 128 g/mol.